The standard InChI is InChI=1S/C16H15Cl2N3O2S/c17-10-3-2-9(6-11(10)18)24-14-7-19-16(23-14)15(22)21-13-5-8-1-4-12(13)20-8/h2-3,6-8,12-13,20H,1,4-5H2,(H,21,22)/t8-,12+,13-/m1/s1. The lowest BCUT2D eigenvalue weighted by Crippen LogP contribution is -2.43. The summed E-state index contributed by atoms with van der Waals surface area (Å²) in [4.78, 5) is 17.2. The summed E-state index contributed by atoms with van der Waals surface area (Å²) >= 11 is 13.2. The van der Waals surface area contributed by atoms with E-state index in [-0.39, 0.29) is 17.8 Å². The molecule has 2 N–H and O–H groups in total. The van der Waals surface area contributed by atoms with Gasteiger partial charge in [0.15, 0.2) is 5.09 Å². The zero-order chi connectivity index (χ0) is 16.7. The number of halogens is 2. The lowest BCUT2D eigenvalue weighted by Gasteiger charge is -2.20. The van der Waals surface area contributed by atoms with Crippen molar-refractivity contribution < 1.29 is 9.21 Å². The van der Waals surface area contributed by atoms with E-state index in [0.717, 1.165) is 17.7 Å². The Labute approximate surface area is 153 Å². The third-order valence-electron chi connectivity index (χ3n) is 4.40. The van der Waals surface area contributed by atoms with Gasteiger partial charge in [0.1, 0.15) is 0 Å². The maximum Gasteiger partial charge on any atom is 0.307 e. The van der Waals surface area contributed by atoms with Crippen LogP contribution in [0.3, 0.4) is 0 Å². The highest BCUT2D eigenvalue weighted by Crippen LogP contribution is 2.33. The summed E-state index contributed by atoms with van der Waals surface area (Å²) in [6.07, 6.45) is 4.82. The quantitative estimate of drug-likeness (QED) is 0.841. The second-order valence-electron chi connectivity index (χ2n) is 6.03. The molecule has 0 aliphatic carbocycles. The van der Waals surface area contributed by atoms with Gasteiger partial charge in [-0.2, -0.15) is 0 Å². The van der Waals surface area contributed by atoms with Crippen molar-refractivity contribution in [3.63, 3.8) is 0 Å². The molecule has 2 aliphatic heterocycles. The highest BCUT2D eigenvalue weighted by Gasteiger charge is 2.40. The lowest BCUT2D eigenvalue weighted by atomic mass is 9.95. The zero-order valence-electron chi connectivity index (χ0n) is 12.6. The summed E-state index contributed by atoms with van der Waals surface area (Å²) in [6, 6.07) is 6.37. The van der Waals surface area contributed by atoms with Gasteiger partial charge in [0, 0.05) is 23.0 Å². The van der Waals surface area contributed by atoms with Crippen molar-refractivity contribution in [3.8, 4) is 0 Å². The zero-order valence-corrected chi connectivity index (χ0v) is 14.9. The summed E-state index contributed by atoms with van der Waals surface area (Å²) in [6.45, 7) is 0. The number of carbonyl (C=O) groups excluding carboxylic acids is 1. The molecule has 1 amide bonds. The molecule has 24 heavy (non-hydrogen) atoms. The molecule has 2 saturated heterocycles. The van der Waals surface area contributed by atoms with Crippen molar-refractivity contribution in [1.82, 2.24) is 15.6 Å². The number of benzene rings is 1. The third-order valence-corrected chi connectivity index (χ3v) is 6.02. The number of fused-ring (bicyclic) bond motifs is 2. The monoisotopic (exact) mass is 383 g/mol. The van der Waals surface area contributed by atoms with Crippen molar-refractivity contribution >= 4 is 40.9 Å². The van der Waals surface area contributed by atoms with E-state index in [4.69, 9.17) is 27.6 Å². The van der Waals surface area contributed by atoms with Crippen LogP contribution in [-0.2, 0) is 0 Å². The largest absolute Gasteiger partial charge is 0.425 e. The van der Waals surface area contributed by atoms with Gasteiger partial charge in [-0.1, -0.05) is 35.0 Å². The number of rotatable bonds is 4. The molecule has 8 heteroatoms. The Hall–Kier alpha value is -1.21. The summed E-state index contributed by atoms with van der Waals surface area (Å²) in [7, 11) is 0. The Morgan fingerprint density at radius 3 is 2.92 bits per heavy atom. The maximum absolute atomic E-state index is 12.3. The van der Waals surface area contributed by atoms with Crippen molar-refractivity contribution in [3.05, 3.63) is 40.3 Å². The van der Waals surface area contributed by atoms with Crippen molar-refractivity contribution in [2.75, 3.05) is 0 Å². The van der Waals surface area contributed by atoms with Gasteiger partial charge in [-0.3, -0.25) is 4.79 Å². The molecular formula is C16H15Cl2N3O2S. The van der Waals surface area contributed by atoms with Crippen LogP contribution in [0, 0.1) is 0 Å². The van der Waals surface area contributed by atoms with Crippen LogP contribution in [0.1, 0.15) is 29.9 Å². The van der Waals surface area contributed by atoms with Gasteiger partial charge in [-0.15, -0.1) is 0 Å². The van der Waals surface area contributed by atoms with Crippen molar-refractivity contribution in [1.29, 1.82) is 0 Å². The predicted octanol–water partition coefficient (Wildman–Crippen LogP) is 3.76. The highest BCUT2D eigenvalue weighted by atomic mass is 35.5. The molecule has 0 saturated carbocycles. The fourth-order valence-electron chi connectivity index (χ4n) is 3.28. The highest BCUT2D eigenvalue weighted by molar-refractivity contribution is 7.99. The molecule has 3 atom stereocenters. The summed E-state index contributed by atoms with van der Waals surface area (Å²) in [5, 5.41) is 8.01. The number of carbonyl (C=O) groups is 1. The minimum atomic E-state index is -0.268. The fourth-order valence-corrected chi connectivity index (χ4v) is 4.42. The molecular weight excluding hydrogens is 369 g/mol. The van der Waals surface area contributed by atoms with E-state index in [1.54, 1.807) is 18.3 Å². The molecule has 0 unspecified atom stereocenters. The molecule has 4 rings (SSSR count). The maximum atomic E-state index is 12.3. The minimum Gasteiger partial charge on any atom is -0.425 e. The molecule has 126 valence electrons. The molecule has 1 aromatic heterocycles. The lowest BCUT2D eigenvalue weighted by molar-refractivity contribution is 0.0890. The van der Waals surface area contributed by atoms with Gasteiger partial charge in [-0.25, -0.2) is 4.98 Å². The Morgan fingerprint density at radius 1 is 1.33 bits per heavy atom. The molecule has 1 aromatic carbocycles. The molecule has 2 aromatic rings. The number of aromatic nitrogens is 1. The first-order valence-electron chi connectivity index (χ1n) is 7.74. The summed E-state index contributed by atoms with van der Waals surface area (Å²) in [5.74, 6) is -0.185. The number of oxazole rings is 1. The molecule has 5 nitrogen and oxygen atoms in total. The minimum absolute atomic E-state index is 0.0836. The number of nitrogens with zero attached hydrogens (tertiary/aromatic N) is 1. The summed E-state index contributed by atoms with van der Waals surface area (Å²) < 4.78 is 5.55. The first-order valence-corrected chi connectivity index (χ1v) is 9.31. The van der Waals surface area contributed by atoms with Crippen LogP contribution < -0.4 is 10.6 Å². The third kappa shape index (κ3) is 3.28. The number of amides is 1. The Balaban J connectivity index is 1.40. The van der Waals surface area contributed by atoms with E-state index in [1.807, 2.05) is 6.07 Å². The van der Waals surface area contributed by atoms with E-state index in [1.165, 1.54) is 18.2 Å². The van der Waals surface area contributed by atoms with Crippen molar-refractivity contribution in [2.45, 2.75) is 47.4 Å². The smallest absolute Gasteiger partial charge is 0.307 e. The molecule has 2 fully saturated rings. The second kappa shape index (κ2) is 6.59. The Kier molecular flexibility index (Phi) is 4.47. The SMILES string of the molecule is O=C(N[C@@H]1C[C@H]2CC[C@@H]1N2)c1ncc(Sc2ccc(Cl)c(Cl)c2)o1. The van der Waals surface area contributed by atoms with Crippen LogP contribution >= 0.6 is 35.0 Å². The molecule has 2 bridgehead atoms. The van der Waals surface area contributed by atoms with E-state index in [9.17, 15) is 4.79 Å². The predicted molar refractivity (Wildman–Crippen MR) is 92.9 cm³/mol. The van der Waals surface area contributed by atoms with Crippen LogP contribution in [0.4, 0.5) is 0 Å². The van der Waals surface area contributed by atoms with Gasteiger partial charge < -0.3 is 15.1 Å². The average molecular weight is 384 g/mol. The molecule has 0 radical (unpaired) electrons. The summed E-state index contributed by atoms with van der Waals surface area (Å²) in [5.41, 5.74) is 0. The van der Waals surface area contributed by atoms with E-state index in [2.05, 4.69) is 15.6 Å². The fraction of sp³-hybridized carbons (Fsp3) is 0.375. The van der Waals surface area contributed by atoms with Crippen LogP contribution in [0.5, 0.6) is 0 Å². The van der Waals surface area contributed by atoms with Gasteiger partial charge in [-0.05, 0) is 37.5 Å². The average Bonchev–Trinajstić information content (AvgIpc) is 3.27. The van der Waals surface area contributed by atoms with Crippen LogP contribution in [0.15, 0.2) is 38.8 Å². The van der Waals surface area contributed by atoms with E-state index >= 15 is 0 Å². The van der Waals surface area contributed by atoms with Gasteiger partial charge in [0.2, 0.25) is 0 Å². The molecule has 2 aliphatic rings. The van der Waals surface area contributed by atoms with E-state index in [0.29, 0.717) is 27.2 Å². The number of nitrogens with one attached hydrogen (secondary N) is 2. The first kappa shape index (κ1) is 16.3. The van der Waals surface area contributed by atoms with Gasteiger partial charge in [0.25, 0.3) is 5.89 Å². The van der Waals surface area contributed by atoms with Gasteiger partial charge in [0.05, 0.1) is 16.2 Å². The number of hydrogen-bond acceptors (Lipinski definition) is 5. The van der Waals surface area contributed by atoms with Crippen LogP contribution in [0.2, 0.25) is 10.0 Å². The van der Waals surface area contributed by atoms with Crippen molar-refractivity contribution in [2.24, 2.45) is 0 Å². The second-order valence-corrected chi connectivity index (χ2v) is 7.92. The topological polar surface area (TPSA) is 67.2 Å². The Morgan fingerprint density at radius 2 is 2.21 bits per heavy atom. The van der Waals surface area contributed by atoms with E-state index < -0.39 is 0 Å². The Bertz CT molecular complexity index is 782. The van der Waals surface area contributed by atoms with Crippen LogP contribution in [-0.4, -0.2) is 29.0 Å². The molecule has 3 heterocycles. The van der Waals surface area contributed by atoms with Gasteiger partial charge >= 0.3 is 5.91 Å². The number of hydrogen-bond donors (Lipinski definition) is 2. The first-order chi connectivity index (χ1) is 11.6. The van der Waals surface area contributed by atoms with Crippen LogP contribution in [0.25, 0.3) is 0 Å². The normalized spacial score (nSPS) is 25.2. The molecule has 0 spiro atoms.